The molecule has 2 atom stereocenters. The summed E-state index contributed by atoms with van der Waals surface area (Å²) in [6.07, 6.45) is 2.21. The van der Waals surface area contributed by atoms with Gasteiger partial charge in [0.1, 0.15) is 11.4 Å². The van der Waals surface area contributed by atoms with E-state index in [4.69, 9.17) is 38.1 Å². The average molecular weight is 475 g/mol. The SMILES string of the molecule is COc1cc2c(cc1OC)[C@@H]1C[C@@]3(CCN1CC2)NC(=O)N(c1ccc(Cl)c(Cl)c1)C3=N. The third-order valence-electron chi connectivity index (χ3n) is 6.87. The summed E-state index contributed by atoms with van der Waals surface area (Å²) in [5.74, 6) is 1.65. The third-order valence-corrected chi connectivity index (χ3v) is 7.61. The fraction of sp³-hybridized carbons (Fsp3) is 0.391. The van der Waals surface area contributed by atoms with Crippen LogP contribution in [0.5, 0.6) is 11.5 Å². The van der Waals surface area contributed by atoms with Gasteiger partial charge in [-0.2, -0.15) is 0 Å². The number of ether oxygens (including phenoxy) is 2. The van der Waals surface area contributed by atoms with Crippen molar-refractivity contribution in [2.75, 3.05) is 32.2 Å². The summed E-state index contributed by atoms with van der Waals surface area (Å²) >= 11 is 12.2. The quantitative estimate of drug-likeness (QED) is 0.678. The summed E-state index contributed by atoms with van der Waals surface area (Å²) in [6, 6.07) is 8.83. The monoisotopic (exact) mass is 474 g/mol. The summed E-state index contributed by atoms with van der Waals surface area (Å²) in [5, 5.41) is 12.9. The predicted molar refractivity (Wildman–Crippen MR) is 125 cm³/mol. The number of carbonyl (C=O) groups excluding carboxylic acids is 1. The van der Waals surface area contributed by atoms with Gasteiger partial charge in [-0.05, 0) is 60.7 Å². The van der Waals surface area contributed by atoms with Crippen LogP contribution in [0.3, 0.4) is 0 Å². The van der Waals surface area contributed by atoms with Gasteiger partial charge >= 0.3 is 6.03 Å². The van der Waals surface area contributed by atoms with Crippen molar-refractivity contribution in [3.05, 3.63) is 51.5 Å². The van der Waals surface area contributed by atoms with E-state index >= 15 is 0 Å². The maximum Gasteiger partial charge on any atom is 0.328 e. The summed E-state index contributed by atoms with van der Waals surface area (Å²) in [5.41, 5.74) is 2.18. The Morgan fingerprint density at radius 1 is 1.09 bits per heavy atom. The maximum atomic E-state index is 13.0. The Morgan fingerprint density at radius 2 is 1.84 bits per heavy atom. The maximum absolute atomic E-state index is 13.0. The molecule has 2 N–H and O–H groups in total. The second-order valence-electron chi connectivity index (χ2n) is 8.46. The number of fused-ring (bicyclic) bond motifs is 3. The number of carbonyl (C=O) groups is 1. The number of amidine groups is 1. The summed E-state index contributed by atoms with van der Waals surface area (Å²) in [7, 11) is 3.27. The van der Waals surface area contributed by atoms with Crippen molar-refractivity contribution in [3.8, 4) is 11.5 Å². The minimum atomic E-state index is -0.744. The lowest BCUT2D eigenvalue weighted by Crippen LogP contribution is -2.56. The number of hydrogen-bond acceptors (Lipinski definition) is 5. The van der Waals surface area contributed by atoms with Gasteiger partial charge in [0.2, 0.25) is 0 Å². The molecule has 2 amide bonds. The van der Waals surface area contributed by atoms with Crippen LogP contribution in [0.25, 0.3) is 0 Å². The molecule has 32 heavy (non-hydrogen) atoms. The number of amides is 2. The van der Waals surface area contributed by atoms with Gasteiger partial charge in [0.15, 0.2) is 11.5 Å². The van der Waals surface area contributed by atoms with Crippen molar-refractivity contribution in [2.45, 2.75) is 30.8 Å². The first kappa shape index (κ1) is 21.4. The highest BCUT2D eigenvalue weighted by atomic mass is 35.5. The number of nitrogens with zero attached hydrogens (tertiary/aromatic N) is 2. The molecular formula is C23H24Cl2N4O3. The lowest BCUT2D eigenvalue weighted by molar-refractivity contribution is 0.102. The van der Waals surface area contributed by atoms with E-state index in [1.807, 2.05) is 12.1 Å². The third kappa shape index (κ3) is 3.22. The van der Waals surface area contributed by atoms with Crippen LogP contribution in [0.2, 0.25) is 10.0 Å². The number of rotatable bonds is 3. The minimum absolute atomic E-state index is 0.0710. The molecule has 0 radical (unpaired) electrons. The highest BCUT2D eigenvalue weighted by Gasteiger charge is 2.53. The van der Waals surface area contributed by atoms with Gasteiger partial charge in [-0.15, -0.1) is 0 Å². The number of nitrogens with one attached hydrogen (secondary N) is 2. The first-order chi connectivity index (χ1) is 15.4. The molecule has 0 aromatic heterocycles. The number of halogens is 2. The van der Waals surface area contributed by atoms with E-state index in [1.54, 1.807) is 32.4 Å². The molecule has 9 heteroatoms. The number of anilines is 1. The van der Waals surface area contributed by atoms with Crippen molar-refractivity contribution in [1.29, 1.82) is 5.41 Å². The smallest absolute Gasteiger partial charge is 0.328 e. The molecule has 2 aromatic carbocycles. The van der Waals surface area contributed by atoms with Crippen LogP contribution in [-0.2, 0) is 6.42 Å². The highest BCUT2D eigenvalue weighted by Crippen LogP contribution is 2.46. The van der Waals surface area contributed by atoms with Crippen LogP contribution in [0.1, 0.15) is 30.0 Å². The molecule has 3 aliphatic heterocycles. The molecule has 2 saturated heterocycles. The fourth-order valence-electron chi connectivity index (χ4n) is 5.19. The van der Waals surface area contributed by atoms with E-state index in [0.717, 1.165) is 25.3 Å². The van der Waals surface area contributed by atoms with Crippen LogP contribution in [0, 0.1) is 5.41 Å². The van der Waals surface area contributed by atoms with Crippen molar-refractivity contribution in [3.63, 3.8) is 0 Å². The van der Waals surface area contributed by atoms with Gasteiger partial charge < -0.3 is 14.8 Å². The molecule has 7 nitrogen and oxygen atoms in total. The Kier molecular flexibility index (Phi) is 5.23. The molecule has 2 aromatic rings. The minimum Gasteiger partial charge on any atom is -0.493 e. The Bertz CT molecular complexity index is 1120. The molecule has 0 saturated carbocycles. The van der Waals surface area contributed by atoms with E-state index in [0.29, 0.717) is 34.3 Å². The van der Waals surface area contributed by atoms with Gasteiger partial charge in [0, 0.05) is 19.1 Å². The fourth-order valence-corrected chi connectivity index (χ4v) is 5.48. The van der Waals surface area contributed by atoms with Gasteiger partial charge in [0.25, 0.3) is 0 Å². The summed E-state index contributed by atoms with van der Waals surface area (Å²) in [4.78, 5) is 16.8. The predicted octanol–water partition coefficient (Wildman–Crippen LogP) is 4.65. The number of hydrogen-bond donors (Lipinski definition) is 2. The highest BCUT2D eigenvalue weighted by molar-refractivity contribution is 6.42. The van der Waals surface area contributed by atoms with Crippen LogP contribution in [-0.4, -0.2) is 49.6 Å². The zero-order chi connectivity index (χ0) is 22.6. The van der Waals surface area contributed by atoms with Gasteiger partial charge in [0.05, 0.1) is 30.0 Å². The Balaban J connectivity index is 1.50. The summed E-state index contributed by atoms with van der Waals surface area (Å²) < 4.78 is 11.0. The van der Waals surface area contributed by atoms with E-state index in [1.165, 1.54) is 16.0 Å². The van der Waals surface area contributed by atoms with Crippen molar-refractivity contribution in [2.24, 2.45) is 0 Å². The van der Waals surface area contributed by atoms with Crippen LogP contribution in [0.15, 0.2) is 30.3 Å². The lowest BCUT2D eigenvalue weighted by atomic mass is 9.77. The normalized spacial score (nSPS) is 24.9. The van der Waals surface area contributed by atoms with Gasteiger partial charge in [-0.1, -0.05) is 23.2 Å². The number of urea groups is 1. The average Bonchev–Trinajstić information content (AvgIpc) is 3.03. The Hall–Kier alpha value is -2.48. The van der Waals surface area contributed by atoms with E-state index < -0.39 is 5.54 Å². The standard InChI is InChI=1S/C23H24Cl2N4O3/c1-31-19-9-13-5-7-28-8-6-23(12-18(28)15(13)11-20(19)32-2)21(26)29(22(30)27-23)14-3-4-16(24)17(25)10-14/h3-4,9-11,18,26H,5-8,12H2,1-2H3,(H,27,30)/t18-,23+/m0/s1. The van der Waals surface area contributed by atoms with Crippen LogP contribution >= 0.6 is 23.2 Å². The van der Waals surface area contributed by atoms with Crippen molar-refractivity contribution < 1.29 is 14.3 Å². The molecule has 5 rings (SSSR count). The second kappa shape index (κ2) is 7.83. The zero-order valence-electron chi connectivity index (χ0n) is 17.9. The second-order valence-corrected chi connectivity index (χ2v) is 9.27. The molecular weight excluding hydrogens is 451 g/mol. The Labute approximate surface area is 196 Å². The molecule has 3 heterocycles. The van der Waals surface area contributed by atoms with Gasteiger partial charge in [-0.25, -0.2) is 9.69 Å². The van der Waals surface area contributed by atoms with E-state index in [-0.39, 0.29) is 17.9 Å². The first-order valence-corrected chi connectivity index (χ1v) is 11.3. The summed E-state index contributed by atoms with van der Waals surface area (Å²) in [6.45, 7) is 1.72. The van der Waals surface area contributed by atoms with Gasteiger partial charge in [-0.3, -0.25) is 10.3 Å². The largest absolute Gasteiger partial charge is 0.493 e. The molecule has 0 aliphatic carbocycles. The molecule has 0 unspecified atom stereocenters. The molecule has 1 spiro atoms. The zero-order valence-corrected chi connectivity index (χ0v) is 19.4. The van der Waals surface area contributed by atoms with Crippen LogP contribution in [0.4, 0.5) is 10.5 Å². The van der Waals surface area contributed by atoms with E-state index in [9.17, 15) is 4.79 Å². The Morgan fingerprint density at radius 3 is 2.56 bits per heavy atom. The molecule has 0 bridgehead atoms. The van der Waals surface area contributed by atoms with Crippen molar-refractivity contribution in [1.82, 2.24) is 10.2 Å². The number of methoxy groups -OCH3 is 2. The molecule has 2 fully saturated rings. The molecule has 3 aliphatic rings. The van der Waals surface area contributed by atoms with E-state index in [2.05, 4.69) is 10.2 Å². The topological polar surface area (TPSA) is 77.9 Å². The first-order valence-electron chi connectivity index (χ1n) is 10.5. The molecule has 168 valence electrons. The van der Waals surface area contributed by atoms with Crippen molar-refractivity contribution >= 4 is 40.8 Å². The number of piperidine rings is 1. The lowest BCUT2D eigenvalue weighted by Gasteiger charge is -2.47. The number of benzene rings is 2. The van der Waals surface area contributed by atoms with Crippen LogP contribution < -0.4 is 19.7 Å².